The van der Waals surface area contributed by atoms with Crippen LogP contribution in [0.1, 0.15) is 17.7 Å². The van der Waals surface area contributed by atoms with E-state index < -0.39 is 0 Å². The zero-order chi connectivity index (χ0) is 16.8. The molecule has 2 aromatic rings. The van der Waals surface area contributed by atoms with Crippen molar-refractivity contribution in [3.05, 3.63) is 53.9 Å². The Morgan fingerprint density at radius 1 is 1.00 bits per heavy atom. The topological polar surface area (TPSA) is 89.6 Å². The molecule has 1 aliphatic heterocycles. The number of hydrogen-bond donors (Lipinski definition) is 2. The van der Waals surface area contributed by atoms with E-state index in [-0.39, 0.29) is 25.0 Å². The fourth-order valence-electron chi connectivity index (χ4n) is 2.21. The summed E-state index contributed by atoms with van der Waals surface area (Å²) in [5.74, 6) is 0.670. The Balaban J connectivity index is 1.41. The van der Waals surface area contributed by atoms with E-state index in [1.165, 1.54) is 0 Å². The number of rotatable bonds is 6. The van der Waals surface area contributed by atoms with Crippen molar-refractivity contribution in [1.29, 1.82) is 0 Å². The Kier molecular flexibility index (Phi) is 4.90. The van der Waals surface area contributed by atoms with Crippen molar-refractivity contribution in [2.75, 3.05) is 6.79 Å². The number of hydrogen-bond acceptors (Lipinski definition) is 5. The number of nitrogens with zero attached hydrogens (tertiary/aromatic N) is 1. The van der Waals surface area contributed by atoms with E-state index in [1.54, 1.807) is 24.4 Å². The molecule has 0 saturated heterocycles. The van der Waals surface area contributed by atoms with Gasteiger partial charge < -0.3 is 20.1 Å². The van der Waals surface area contributed by atoms with E-state index in [2.05, 4.69) is 15.6 Å². The molecule has 7 nitrogen and oxygen atoms in total. The third-order valence-electron chi connectivity index (χ3n) is 3.44. The Morgan fingerprint density at radius 2 is 1.79 bits per heavy atom. The number of fused-ring (bicyclic) bond motifs is 1. The van der Waals surface area contributed by atoms with Crippen LogP contribution < -0.4 is 20.1 Å². The zero-order valence-corrected chi connectivity index (χ0v) is 13.0. The number of aromatic nitrogens is 1. The molecule has 1 aromatic heterocycles. The van der Waals surface area contributed by atoms with Gasteiger partial charge in [-0.3, -0.25) is 14.6 Å². The third-order valence-corrected chi connectivity index (χ3v) is 3.44. The Labute approximate surface area is 139 Å². The molecule has 2 amide bonds. The number of ether oxygens (including phenoxy) is 2. The first kappa shape index (κ1) is 15.8. The normalized spacial score (nSPS) is 11.8. The van der Waals surface area contributed by atoms with Crippen molar-refractivity contribution in [2.45, 2.75) is 19.5 Å². The number of amides is 2. The number of carbonyl (C=O) groups is 2. The highest BCUT2D eigenvalue weighted by Crippen LogP contribution is 2.32. The predicted octanol–water partition coefficient (Wildman–Crippen LogP) is 1.13. The highest BCUT2D eigenvalue weighted by Gasteiger charge is 2.14. The minimum Gasteiger partial charge on any atom is -0.454 e. The van der Waals surface area contributed by atoms with Gasteiger partial charge in [-0.1, -0.05) is 12.1 Å². The van der Waals surface area contributed by atoms with Gasteiger partial charge in [-0.2, -0.15) is 0 Å². The molecule has 3 rings (SSSR count). The van der Waals surface area contributed by atoms with Gasteiger partial charge in [0.1, 0.15) is 6.42 Å². The van der Waals surface area contributed by atoms with Crippen LogP contribution in [0.2, 0.25) is 0 Å². The van der Waals surface area contributed by atoms with Crippen LogP contribution >= 0.6 is 0 Å². The number of carbonyl (C=O) groups excluding carboxylic acids is 2. The van der Waals surface area contributed by atoms with E-state index in [4.69, 9.17) is 9.47 Å². The molecule has 0 unspecified atom stereocenters. The van der Waals surface area contributed by atoms with Gasteiger partial charge in [-0.15, -0.1) is 0 Å². The summed E-state index contributed by atoms with van der Waals surface area (Å²) in [6.07, 6.45) is 1.43. The lowest BCUT2D eigenvalue weighted by atomic mass is 10.2. The summed E-state index contributed by atoms with van der Waals surface area (Å²) in [6, 6.07) is 10.9. The van der Waals surface area contributed by atoms with Gasteiger partial charge in [0.2, 0.25) is 18.6 Å². The van der Waals surface area contributed by atoms with Crippen LogP contribution in [0.5, 0.6) is 11.5 Å². The molecule has 0 saturated carbocycles. The average molecular weight is 327 g/mol. The lowest BCUT2D eigenvalue weighted by Gasteiger charge is -2.07. The summed E-state index contributed by atoms with van der Waals surface area (Å²) in [7, 11) is 0. The second-order valence-corrected chi connectivity index (χ2v) is 5.24. The summed E-state index contributed by atoms with van der Waals surface area (Å²) in [4.78, 5) is 27.7. The van der Waals surface area contributed by atoms with Crippen LogP contribution in [-0.4, -0.2) is 23.6 Å². The SMILES string of the molecule is O=C(CC(=O)NCc1ccccn1)NCc1ccc2c(c1)OCO2. The van der Waals surface area contributed by atoms with Crippen LogP contribution in [0.25, 0.3) is 0 Å². The van der Waals surface area contributed by atoms with Crippen molar-refractivity contribution in [3.63, 3.8) is 0 Å². The quantitative estimate of drug-likeness (QED) is 0.777. The second kappa shape index (κ2) is 7.45. The first-order chi connectivity index (χ1) is 11.7. The molecule has 7 heteroatoms. The van der Waals surface area contributed by atoms with Crippen molar-refractivity contribution in [3.8, 4) is 11.5 Å². The molecule has 1 aliphatic rings. The van der Waals surface area contributed by atoms with Gasteiger partial charge in [0.05, 0.1) is 12.2 Å². The Morgan fingerprint density at radius 3 is 2.58 bits per heavy atom. The monoisotopic (exact) mass is 327 g/mol. The average Bonchev–Trinajstić information content (AvgIpc) is 3.07. The Hall–Kier alpha value is -3.09. The molecular formula is C17H17N3O4. The highest BCUT2D eigenvalue weighted by atomic mass is 16.7. The number of pyridine rings is 1. The van der Waals surface area contributed by atoms with Gasteiger partial charge in [-0.25, -0.2) is 0 Å². The van der Waals surface area contributed by atoms with Crippen LogP contribution in [0.15, 0.2) is 42.6 Å². The van der Waals surface area contributed by atoms with Crippen LogP contribution in [0.3, 0.4) is 0 Å². The maximum atomic E-state index is 11.8. The molecule has 24 heavy (non-hydrogen) atoms. The van der Waals surface area contributed by atoms with E-state index in [0.29, 0.717) is 24.6 Å². The van der Waals surface area contributed by atoms with Gasteiger partial charge in [0.15, 0.2) is 11.5 Å². The van der Waals surface area contributed by atoms with Gasteiger partial charge in [-0.05, 0) is 29.8 Å². The summed E-state index contributed by atoms with van der Waals surface area (Å²) in [5.41, 5.74) is 1.62. The fourth-order valence-corrected chi connectivity index (χ4v) is 2.21. The van der Waals surface area contributed by atoms with Crippen LogP contribution in [0.4, 0.5) is 0 Å². The second-order valence-electron chi connectivity index (χ2n) is 5.24. The van der Waals surface area contributed by atoms with Crippen molar-refractivity contribution in [2.24, 2.45) is 0 Å². The van der Waals surface area contributed by atoms with Crippen LogP contribution in [-0.2, 0) is 22.7 Å². The standard InChI is InChI=1S/C17H17N3O4/c21-16(8-17(22)20-10-13-3-1-2-6-18-13)19-9-12-4-5-14-15(7-12)24-11-23-14/h1-7H,8-11H2,(H,19,21)(H,20,22). The smallest absolute Gasteiger partial charge is 0.231 e. The number of benzene rings is 1. The third kappa shape index (κ3) is 4.22. The minimum atomic E-state index is -0.344. The summed E-state index contributed by atoms with van der Waals surface area (Å²) in [6.45, 7) is 0.833. The molecule has 0 spiro atoms. The van der Waals surface area contributed by atoms with E-state index >= 15 is 0 Å². The van der Waals surface area contributed by atoms with Crippen molar-refractivity contribution in [1.82, 2.24) is 15.6 Å². The lowest BCUT2D eigenvalue weighted by Crippen LogP contribution is -2.31. The predicted molar refractivity (Wildman–Crippen MR) is 85.1 cm³/mol. The first-order valence-corrected chi connectivity index (χ1v) is 7.52. The minimum absolute atomic E-state index is 0.210. The van der Waals surface area contributed by atoms with Gasteiger partial charge in [0, 0.05) is 12.7 Å². The van der Waals surface area contributed by atoms with Gasteiger partial charge in [0.25, 0.3) is 0 Å². The van der Waals surface area contributed by atoms with E-state index in [1.807, 2.05) is 18.2 Å². The molecule has 1 aromatic carbocycles. The summed E-state index contributed by atoms with van der Waals surface area (Å²) < 4.78 is 10.5. The molecule has 0 aliphatic carbocycles. The van der Waals surface area contributed by atoms with E-state index in [0.717, 1.165) is 11.3 Å². The molecule has 2 N–H and O–H groups in total. The maximum absolute atomic E-state index is 11.8. The van der Waals surface area contributed by atoms with Crippen molar-refractivity contribution < 1.29 is 19.1 Å². The molecule has 0 atom stereocenters. The molecule has 0 fully saturated rings. The van der Waals surface area contributed by atoms with Gasteiger partial charge >= 0.3 is 0 Å². The lowest BCUT2D eigenvalue weighted by molar-refractivity contribution is -0.129. The maximum Gasteiger partial charge on any atom is 0.231 e. The zero-order valence-electron chi connectivity index (χ0n) is 13.0. The fraction of sp³-hybridized carbons (Fsp3) is 0.235. The number of nitrogens with one attached hydrogen (secondary N) is 2. The first-order valence-electron chi connectivity index (χ1n) is 7.52. The molecule has 124 valence electrons. The molecule has 2 heterocycles. The van der Waals surface area contributed by atoms with Crippen LogP contribution in [0, 0.1) is 0 Å². The highest BCUT2D eigenvalue weighted by molar-refractivity contribution is 5.96. The summed E-state index contributed by atoms with van der Waals surface area (Å²) >= 11 is 0. The van der Waals surface area contributed by atoms with Crippen molar-refractivity contribution >= 4 is 11.8 Å². The molecular weight excluding hydrogens is 310 g/mol. The van der Waals surface area contributed by atoms with E-state index in [9.17, 15) is 9.59 Å². The Bertz CT molecular complexity index is 734. The molecule has 0 radical (unpaired) electrons. The molecule has 0 bridgehead atoms. The largest absolute Gasteiger partial charge is 0.454 e. The summed E-state index contributed by atoms with van der Waals surface area (Å²) in [5, 5.41) is 5.37.